The largest absolute Gasteiger partial charge is 0.396 e. The fourth-order valence-corrected chi connectivity index (χ4v) is 3.45. The SMILES string of the molecule is CC=C[C@H](C)[C@H]1OC1(C)[C@@H](O)[C@@H](CO)C(=O)[C@@H](CO)[C@@H](O)CC(=O)CC. The van der Waals surface area contributed by atoms with Crippen LogP contribution in [0.25, 0.3) is 0 Å². The van der Waals surface area contributed by atoms with Gasteiger partial charge in [0.05, 0.1) is 43.4 Å². The van der Waals surface area contributed by atoms with Gasteiger partial charge in [0, 0.05) is 18.8 Å². The van der Waals surface area contributed by atoms with E-state index in [1.54, 1.807) is 13.8 Å². The monoisotopic (exact) mass is 372 g/mol. The van der Waals surface area contributed by atoms with Crippen LogP contribution in [-0.4, -0.2) is 69.1 Å². The van der Waals surface area contributed by atoms with Crippen LogP contribution >= 0.6 is 0 Å². The van der Waals surface area contributed by atoms with E-state index < -0.39 is 48.6 Å². The standard InChI is InChI=1S/C19H32O7/c1-5-7-11(3)18-19(4,26-18)17(25)14(10-21)16(24)13(9-20)15(23)8-12(22)6-2/h5,7,11,13-15,17-18,20-21,23,25H,6,8-10H2,1-4H3/t11-,13-,14-,15-,17-,18+,19?/m0/s1. The maximum absolute atomic E-state index is 12.7. The maximum atomic E-state index is 12.7. The summed E-state index contributed by atoms with van der Waals surface area (Å²) in [4.78, 5) is 24.2. The number of hydrogen-bond acceptors (Lipinski definition) is 7. The van der Waals surface area contributed by atoms with Gasteiger partial charge in [-0.2, -0.15) is 0 Å². The van der Waals surface area contributed by atoms with Crippen molar-refractivity contribution < 1.29 is 34.8 Å². The smallest absolute Gasteiger partial charge is 0.148 e. The number of Topliss-reactive ketones (excluding diaryl/α,β-unsaturated/α-hetero) is 2. The molecule has 1 aliphatic heterocycles. The summed E-state index contributed by atoms with van der Waals surface area (Å²) >= 11 is 0. The van der Waals surface area contributed by atoms with Crippen molar-refractivity contribution in [1.82, 2.24) is 0 Å². The van der Waals surface area contributed by atoms with Crippen LogP contribution in [-0.2, 0) is 14.3 Å². The van der Waals surface area contributed by atoms with Crippen molar-refractivity contribution in [2.24, 2.45) is 17.8 Å². The highest BCUT2D eigenvalue weighted by Gasteiger charge is 2.61. The summed E-state index contributed by atoms with van der Waals surface area (Å²) in [5.41, 5.74) is -0.994. The number of carbonyl (C=O) groups excluding carboxylic acids is 2. The predicted molar refractivity (Wildman–Crippen MR) is 95.3 cm³/mol. The van der Waals surface area contributed by atoms with Crippen molar-refractivity contribution in [3.63, 3.8) is 0 Å². The summed E-state index contributed by atoms with van der Waals surface area (Å²) in [6.07, 6.45) is 0.816. The number of aliphatic hydroxyl groups excluding tert-OH is 4. The van der Waals surface area contributed by atoms with Crippen LogP contribution in [0, 0.1) is 17.8 Å². The summed E-state index contributed by atoms with van der Waals surface area (Å²) in [6, 6.07) is 0. The average Bonchev–Trinajstić information content (AvgIpc) is 3.29. The van der Waals surface area contributed by atoms with Gasteiger partial charge < -0.3 is 25.2 Å². The van der Waals surface area contributed by atoms with Gasteiger partial charge in [0.15, 0.2) is 0 Å². The van der Waals surface area contributed by atoms with Crippen LogP contribution in [0.5, 0.6) is 0 Å². The van der Waals surface area contributed by atoms with Gasteiger partial charge in [0.1, 0.15) is 17.2 Å². The molecule has 0 aromatic carbocycles. The van der Waals surface area contributed by atoms with Gasteiger partial charge in [0.25, 0.3) is 0 Å². The minimum atomic E-state index is -1.35. The Bertz CT molecular complexity index is 518. The first-order valence-corrected chi connectivity index (χ1v) is 9.11. The first kappa shape index (κ1) is 22.9. The molecule has 1 rings (SSSR count). The Morgan fingerprint density at radius 1 is 1.19 bits per heavy atom. The highest BCUT2D eigenvalue weighted by atomic mass is 16.6. The molecule has 0 amide bonds. The number of allylic oxidation sites excluding steroid dienone is 1. The highest BCUT2D eigenvalue weighted by molar-refractivity contribution is 5.86. The second-order valence-electron chi connectivity index (χ2n) is 7.20. The van der Waals surface area contributed by atoms with E-state index in [1.165, 1.54) is 0 Å². The normalized spacial score (nSPS) is 28.4. The molecular weight excluding hydrogens is 340 g/mol. The fourth-order valence-electron chi connectivity index (χ4n) is 3.45. The number of ether oxygens (including phenoxy) is 1. The number of carbonyl (C=O) groups is 2. The van der Waals surface area contributed by atoms with Gasteiger partial charge >= 0.3 is 0 Å². The van der Waals surface area contributed by atoms with E-state index >= 15 is 0 Å². The Kier molecular flexibility index (Phi) is 8.56. The van der Waals surface area contributed by atoms with E-state index in [4.69, 9.17) is 4.74 Å². The molecular formula is C19H32O7. The molecule has 1 unspecified atom stereocenters. The quantitative estimate of drug-likeness (QED) is 0.285. The molecule has 0 aromatic rings. The molecule has 0 aliphatic carbocycles. The Balaban J connectivity index is 2.88. The van der Waals surface area contributed by atoms with Gasteiger partial charge in [-0.1, -0.05) is 26.0 Å². The van der Waals surface area contributed by atoms with E-state index in [9.17, 15) is 30.0 Å². The Morgan fingerprint density at radius 3 is 2.23 bits per heavy atom. The molecule has 7 atom stereocenters. The van der Waals surface area contributed by atoms with Gasteiger partial charge in [-0.15, -0.1) is 0 Å². The third-order valence-corrected chi connectivity index (χ3v) is 5.25. The molecule has 0 saturated carbocycles. The van der Waals surface area contributed by atoms with Crippen molar-refractivity contribution in [2.45, 2.75) is 64.4 Å². The molecule has 1 saturated heterocycles. The Morgan fingerprint density at radius 2 is 1.77 bits per heavy atom. The summed E-state index contributed by atoms with van der Waals surface area (Å²) < 4.78 is 5.63. The molecule has 1 aliphatic rings. The molecule has 0 bridgehead atoms. The summed E-state index contributed by atoms with van der Waals surface area (Å²) in [5.74, 6) is -3.34. The van der Waals surface area contributed by atoms with Crippen molar-refractivity contribution in [1.29, 1.82) is 0 Å². The van der Waals surface area contributed by atoms with Gasteiger partial charge in [-0.05, 0) is 13.8 Å². The zero-order valence-corrected chi connectivity index (χ0v) is 16.0. The minimum absolute atomic E-state index is 0.0236. The van der Waals surface area contributed by atoms with Crippen LogP contribution < -0.4 is 0 Å². The maximum Gasteiger partial charge on any atom is 0.148 e. The van der Waals surface area contributed by atoms with E-state index in [-0.39, 0.29) is 30.6 Å². The second-order valence-corrected chi connectivity index (χ2v) is 7.20. The molecule has 0 radical (unpaired) electrons. The molecule has 26 heavy (non-hydrogen) atoms. The van der Waals surface area contributed by atoms with Crippen LogP contribution in [0.1, 0.15) is 40.5 Å². The molecule has 4 N–H and O–H groups in total. The third kappa shape index (κ3) is 4.98. The lowest BCUT2D eigenvalue weighted by molar-refractivity contribution is -0.140. The Hall–Kier alpha value is -1.12. The summed E-state index contributed by atoms with van der Waals surface area (Å²) in [6.45, 7) is 5.79. The molecule has 1 heterocycles. The molecule has 1 fully saturated rings. The van der Waals surface area contributed by atoms with Crippen LogP contribution in [0.4, 0.5) is 0 Å². The first-order valence-electron chi connectivity index (χ1n) is 9.11. The van der Waals surface area contributed by atoms with Crippen LogP contribution in [0.3, 0.4) is 0 Å². The van der Waals surface area contributed by atoms with Crippen molar-refractivity contribution >= 4 is 11.6 Å². The number of epoxide rings is 1. The lowest BCUT2D eigenvalue weighted by Gasteiger charge is -2.28. The molecule has 7 heteroatoms. The third-order valence-electron chi connectivity index (χ3n) is 5.25. The van der Waals surface area contributed by atoms with Crippen molar-refractivity contribution in [2.75, 3.05) is 13.2 Å². The topological polar surface area (TPSA) is 128 Å². The van der Waals surface area contributed by atoms with Crippen molar-refractivity contribution in [3.05, 3.63) is 12.2 Å². The van der Waals surface area contributed by atoms with Crippen LogP contribution in [0.2, 0.25) is 0 Å². The summed E-state index contributed by atoms with van der Waals surface area (Å²) in [7, 11) is 0. The number of rotatable bonds is 12. The van der Waals surface area contributed by atoms with Gasteiger partial charge in [-0.25, -0.2) is 0 Å². The van der Waals surface area contributed by atoms with E-state index in [2.05, 4.69) is 0 Å². The molecule has 0 spiro atoms. The molecule has 7 nitrogen and oxygen atoms in total. The minimum Gasteiger partial charge on any atom is -0.396 e. The molecule has 150 valence electrons. The predicted octanol–water partition coefficient (Wildman–Crippen LogP) is 0.233. The van der Waals surface area contributed by atoms with Gasteiger partial charge in [-0.3, -0.25) is 9.59 Å². The van der Waals surface area contributed by atoms with Crippen LogP contribution in [0.15, 0.2) is 12.2 Å². The number of aliphatic hydroxyl groups is 4. The van der Waals surface area contributed by atoms with E-state index in [0.29, 0.717) is 0 Å². The zero-order valence-electron chi connectivity index (χ0n) is 16.0. The fraction of sp³-hybridized carbons (Fsp3) is 0.789. The highest BCUT2D eigenvalue weighted by Crippen LogP contribution is 2.46. The van der Waals surface area contributed by atoms with Gasteiger partial charge in [0.2, 0.25) is 0 Å². The number of ketones is 2. The molecule has 0 aromatic heterocycles. The first-order chi connectivity index (χ1) is 12.2. The number of hydrogen-bond donors (Lipinski definition) is 4. The average molecular weight is 372 g/mol. The second kappa shape index (κ2) is 9.71. The lowest BCUT2D eigenvalue weighted by Crippen LogP contribution is -2.47. The van der Waals surface area contributed by atoms with E-state index in [1.807, 2.05) is 26.0 Å². The van der Waals surface area contributed by atoms with Crippen molar-refractivity contribution in [3.8, 4) is 0 Å². The summed E-state index contributed by atoms with van der Waals surface area (Å²) in [5, 5.41) is 40.0. The zero-order chi connectivity index (χ0) is 20.1. The Labute approximate surface area is 154 Å². The lowest BCUT2D eigenvalue weighted by atomic mass is 9.79. The van der Waals surface area contributed by atoms with E-state index in [0.717, 1.165) is 0 Å².